The molecule has 0 spiro atoms. The van der Waals surface area contributed by atoms with Crippen molar-refractivity contribution in [3.63, 3.8) is 0 Å². The van der Waals surface area contributed by atoms with Crippen LogP contribution in [-0.2, 0) is 0 Å². The van der Waals surface area contributed by atoms with Crippen molar-refractivity contribution in [1.82, 2.24) is 24.8 Å². The lowest BCUT2D eigenvalue weighted by atomic mass is 9.98. The maximum atomic E-state index is 14.4. The van der Waals surface area contributed by atoms with Gasteiger partial charge >= 0.3 is 0 Å². The summed E-state index contributed by atoms with van der Waals surface area (Å²) in [7, 11) is 0. The Labute approximate surface area is 192 Å². The number of fused-ring (bicyclic) bond motifs is 1. The first-order chi connectivity index (χ1) is 15.6. The van der Waals surface area contributed by atoms with Crippen LogP contribution < -0.4 is 5.32 Å². The minimum Gasteiger partial charge on any atom is -0.367 e. The van der Waals surface area contributed by atoms with Crippen molar-refractivity contribution in [1.29, 1.82) is 0 Å². The van der Waals surface area contributed by atoms with E-state index in [0.717, 1.165) is 35.8 Å². The summed E-state index contributed by atoms with van der Waals surface area (Å²) in [5.74, 6) is 0.267. The Bertz CT molecular complexity index is 1260. The first-order valence-electron chi connectivity index (χ1n) is 10.3. The summed E-state index contributed by atoms with van der Waals surface area (Å²) in [5.41, 5.74) is 1.35. The number of amides is 1. The highest BCUT2D eigenvalue weighted by atomic mass is 35.5. The second-order valence-electron chi connectivity index (χ2n) is 7.76. The van der Waals surface area contributed by atoms with E-state index in [1.54, 1.807) is 18.5 Å². The number of nitrogens with zero attached hydrogens (tertiary/aromatic N) is 4. The summed E-state index contributed by atoms with van der Waals surface area (Å²) >= 11 is 7.53. The number of pyridine rings is 1. The van der Waals surface area contributed by atoms with Crippen LogP contribution in [0.2, 0.25) is 5.02 Å². The van der Waals surface area contributed by atoms with Gasteiger partial charge < -0.3 is 15.2 Å². The van der Waals surface area contributed by atoms with Gasteiger partial charge in [0.05, 0.1) is 16.1 Å². The first-order valence-corrected chi connectivity index (χ1v) is 11.6. The van der Waals surface area contributed by atoms with Crippen molar-refractivity contribution in [2.45, 2.75) is 12.8 Å². The molecule has 7 nitrogen and oxygen atoms in total. The zero-order valence-electron chi connectivity index (χ0n) is 17.0. The van der Waals surface area contributed by atoms with E-state index in [1.165, 1.54) is 11.3 Å². The lowest BCUT2D eigenvalue weighted by Gasteiger charge is -2.32. The fourth-order valence-corrected chi connectivity index (χ4v) is 4.85. The van der Waals surface area contributed by atoms with Crippen LogP contribution >= 0.6 is 22.9 Å². The number of aromatic nitrogens is 4. The minimum atomic E-state index is -0.521. The molecule has 10 heteroatoms. The van der Waals surface area contributed by atoms with Gasteiger partial charge in [-0.3, -0.25) is 4.79 Å². The fourth-order valence-electron chi connectivity index (χ4n) is 4.00. The van der Waals surface area contributed by atoms with Crippen LogP contribution in [0.15, 0.2) is 42.2 Å². The van der Waals surface area contributed by atoms with Crippen LogP contribution in [-0.4, -0.2) is 50.4 Å². The molecule has 0 bridgehead atoms. The van der Waals surface area contributed by atoms with Gasteiger partial charge in [0.25, 0.3) is 5.91 Å². The maximum absolute atomic E-state index is 14.4. The summed E-state index contributed by atoms with van der Waals surface area (Å²) in [6, 6.07) is 5.50. The molecule has 0 unspecified atom stereocenters. The van der Waals surface area contributed by atoms with Crippen molar-refractivity contribution in [3.05, 3.63) is 57.9 Å². The number of anilines is 1. The molecule has 0 aliphatic carbocycles. The monoisotopic (exact) mass is 470 g/mol. The lowest BCUT2D eigenvalue weighted by Crippen LogP contribution is -2.41. The highest BCUT2D eigenvalue weighted by Crippen LogP contribution is 2.28. The van der Waals surface area contributed by atoms with Crippen LogP contribution in [0.5, 0.6) is 0 Å². The van der Waals surface area contributed by atoms with E-state index in [2.05, 4.69) is 25.3 Å². The molecule has 1 atom stereocenters. The second kappa shape index (κ2) is 8.84. The number of hydrogen-bond donors (Lipinski definition) is 2. The molecule has 2 N–H and O–H groups in total. The van der Waals surface area contributed by atoms with Gasteiger partial charge in [0.1, 0.15) is 5.65 Å². The van der Waals surface area contributed by atoms with Gasteiger partial charge in [-0.15, -0.1) is 11.3 Å². The first kappa shape index (κ1) is 20.8. The SMILES string of the molecule is O=C(c1cccs1)N1CCC[C@H](CNc2nc(-c3c[nH]c4ncc(Cl)cc34)ncc2F)C1. The molecule has 5 rings (SSSR count). The number of nitrogens with one attached hydrogen (secondary N) is 2. The summed E-state index contributed by atoms with van der Waals surface area (Å²) in [5, 5.41) is 6.30. The van der Waals surface area contributed by atoms with Gasteiger partial charge in [0, 0.05) is 43.0 Å². The molecule has 1 amide bonds. The van der Waals surface area contributed by atoms with Gasteiger partial charge in [-0.25, -0.2) is 19.3 Å². The van der Waals surface area contributed by atoms with Crippen LogP contribution in [0.1, 0.15) is 22.5 Å². The van der Waals surface area contributed by atoms with E-state index >= 15 is 0 Å². The largest absolute Gasteiger partial charge is 0.367 e. The molecule has 164 valence electrons. The highest BCUT2D eigenvalue weighted by Gasteiger charge is 2.25. The summed E-state index contributed by atoms with van der Waals surface area (Å²) in [4.78, 5) is 31.1. The van der Waals surface area contributed by atoms with Crippen molar-refractivity contribution in [3.8, 4) is 11.4 Å². The van der Waals surface area contributed by atoms with Gasteiger partial charge in [-0.2, -0.15) is 0 Å². The third-order valence-electron chi connectivity index (χ3n) is 5.58. The number of halogens is 2. The van der Waals surface area contributed by atoms with Crippen molar-refractivity contribution < 1.29 is 9.18 Å². The number of likely N-dealkylation sites (tertiary alicyclic amines) is 1. The predicted octanol–water partition coefficient (Wildman–Crippen LogP) is 4.84. The molecule has 0 aromatic carbocycles. The molecular weight excluding hydrogens is 451 g/mol. The smallest absolute Gasteiger partial charge is 0.263 e. The summed E-state index contributed by atoms with van der Waals surface area (Å²) < 4.78 is 14.4. The number of piperidine rings is 1. The molecule has 1 saturated heterocycles. The van der Waals surface area contributed by atoms with Gasteiger partial charge in [-0.1, -0.05) is 17.7 Å². The third-order valence-corrected chi connectivity index (χ3v) is 6.64. The standard InChI is InChI=1S/C22H20ClFN6OS/c23-14-7-15-16(10-27-19(15)26-9-14)20-28-11-17(24)21(29-20)25-8-13-3-1-5-30(12-13)22(31)18-4-2-6-32-18/h2,4,6-7,9-11,13H,1,3,5,8,12H2,(H,26,27)(H,25,28,29)/t13-/m1/s1. The Balaban J connectivity index is 1.30. The van der Waals surface area contributed by atoms with E-state index in [4.69, 9.17) is 11.6 Å². The molecule has 5 heterocycles. The van der Waals surface area contributed by atoms with Crippen LogP contribution in [0.25, 0.3) is 22.4 Å². The molecule has 1 fully saturated rings. The Morgan fingerprint density at radius 3 is 3.12 bits per heavy atom. The van der Waals surface area contributed by atoms with E-state index in [-0.39, 0.29) is 17.6 Å². The number of hydrogen-bond acceptors (Lipinski definition) is 6. The van der Waals surface area contributed by atoms with E-state index in [9.17, 15) is 9.18 Å². The molecule has 1 aliphatic rings. The summed E-state index contributed by atoms with van der Waals surface area (Å²) in [6.45, 7) is 1.90. The number of aromatic amines is 1. The predicted molar refractivity (Wildman–Crippen MR) is 124 cm³/mol. The second-order valence-corrected chi connectivity index (χ2v) is 9.14. The van der Waals surface area contributed by atoms with E-state index in [0.29, 0.717) is 35.1 Å². The Morgan fingerprint density at radius 1 is 1.38 bits per heavy atom. The molecule has 4 aromatic heterocycles. The number of thiophene rings is 1. The van der Waals surface area contributed by atoms with Gasteiger partial charge in [0.15, 0.2) is 17.5 Å². The zero-order chi connectivity index (χ0) is 22.1. The van der Waals surface area contributed by atoms with Crippen LogP contribution in [0, 0.1) is 11.7 Å². The van der Waals surface area contributed by atoms with Crippen LogP contribution in [0.4, 0.5) is 10.2 Å². The van der Waals surface area contributed by atoms with E-state index in [1.807, 2.05) is 22.4 Å². The molecule has 4 aromatic rings. The van der Waals surface area contributed by atoms with Gasteiger partial charge in [-0.05, 0) is 36.3 Å². The average Bonchev–Trinajstić information content (AvgIpc) is 3.48. The maximum Gasteiger partial charge on any atom is 0.263 e. The van der Waals surface area contributed by atoms with Crippen molar-refractivity contribution >= 4 is 45.7 Å². The topological polar surface area (TPSA) is 86.8 Å². The number of carbonyl (C=O) groups excluding carboxylic acids is 1. The highest BCUT2D eigenvalue weighted by molar-refractivity contribution is 7.12. The molecular formula is C22H20ClFN6OS. The third kappa shape index (κ3) is 4.18. The van der Waals surface area contributed by atoms with Crippen molar-refractivity contribution in [2.24, 2.45) is 5.92 Å². The Morgan fingerprint density at radius 2 is 2.28 bits per heavy atom. The van der Waals surface area contributed by atoms with Gasteiger partial charge in [0.2, 0.25) is 0 Å². The quantitative estimate of drug-likeness (QED) is 0.436. The van der Waals surface area contributed by atoms with Crippen molar-refractivity contribution in [2.75, 3.05) is 25.0 Å². The number of rotatable bonds is 5. The lowest BCUT2D eigenvalue weighted by molar-refractivity contribution is 0.0685. The molecule has 0 saturated carbocycles. The minimum absolute atomic E-state index is 0.0619. The Kier molecular flexibility index (Phi) is 5.75. The molecule has 32 heavy (non-hydrogen) atoms. The number of H-pyrrole nitrogens is 1. The number of carbonyl (C=O) groups is 1. The Hall–Kier alpha value is -3.04. The average molecular weight is 471 g/mol. The normalized spacial score (nSPS) is 16.4. The van der Waals surface area contributed by atoms with Crippen LogP contribution in [0.3, 0.4) is 0 Å². The molecule has 0 radical (unpaired) electrons. The molecule has 1 aliphatic heterocycles. The van der Waals surface area contributed by atoms with E-state index < -0.39 is 5.82 Å². The zero-order valence-corrected chi connectivity index (χ0v) is 18.6. The summed E-state index contributed by atoms with van der Waals surface area (Å²) in [6.07, 6.45) is 6.34. The fraction of sp³-hybridized carbons (Fsp3) is 0.273.